The van der Waals surface area contributed by atoms with E-state index in [0.717, 1.165) is 0 Å². The predicted molar refractivity (Wildman–Crippen MR) is 70.2 cm³/mol. The first-order valence-corrected chi connectivity index (χ1v) is 5.23. The predicted octanol–water partition coefficient (Wildman–Crippen LogP) is 3.76. The summed E-state index contributed by atoms with van der Waals surface area (Å²) in [7, 11) is 0. The molecule has 0 saturated heterocycles. The molecule has 98 valence electrons. The van der Waals surface area contributed by atoms with Crippen molar-refractivity contribution in [2.24, 2.45) is 0 Å². The molecule has 0 heterocycles. The van der Waals surface area contributed by atoms with Gasteiger partial charge in [0.2, 0.25) is 0 Å². The third kappa shape index (κ3) is 7.02. The molecule has 2 aromatic carbocycles. The molecule has 0 atom stereocenters. The minimum atomic E-state index is -0.629. The summed E-state index contributed by atoms with van der Waals surface area (Å²) in [5, 5.41) is 0. The van der Waals surface area contributed by atoms with Crippen molar-refractivity contribution in [2.45, 2.75) is 0 Å². The van der Waals surface area contributed by atoms with Crippen molar-refractivity contribution in [3.63, 3.8) is 0 Å². The average molecular weight is 391 g/mol. The summed E-state index contributed by atoms with van der Waals surface area (Å²) in [6.45, 7) is 0. The van der Waals surface area contributed by atoms with Gasteiger partial charge in [0.1, 0.15) is 0 Å². The molecule has 4 nitrogen and oxygen atoms in total. The molecule has 0 aliphatic rings. The molecule has 19 heavy (non-hydrogen) atoms. The van der Waals surface area contributed by atoms with Crippen LogP contribution in [0.4, 0.5) is 0 Å². The van der Waals surface area contributed by atoms with Gasteiger partial charge in [-0.1, -0.05) is 60.7 Å². The molecule has 2 aromatic rings. The maximum atomic E-state index is 10.3. The third-order valence-corrected chi connectivity index (χ3v) is 2.07. The van der Waals surface area contributed by atoms with Gasteiger partial charge in [-0.2, -0.15) is 0 Å². The summed E-state index contributed by atoms with van der Waals surface area (Å²) in [6.07, 6.45) is 0. The third-order valence-electron chi connectivity index (χ3n) is 2.07. The van der Waals surface area contributed by atoms with E-state index >= 15 is 0 Å². The minimum Gasteiger partial charge on any atom is -0.664 e. The van der Waals surface area contributed by atoms with E-state index in [1.807, 2.05) is 12.1 Å². The van der Waals surface area contributed by atoms with Gasteiger partial charge in [-0.15, -0.1) is 0 Å². The molecule has 0 aliphatic heterocycles. The molecule has 2 rings (SSSR count). The Labute approximate surface area is 144 Å². The van der Waals surface area contributed by atoms with E-state index in [4.69, 9.17) is 11.5 Å². The number of rotatable bonds is 2. The van der Waals surface area contributed by atoms with Gasteiger partial charge in [0.15, 0.2) is 0 Å². The summed E-state index contributed by atoms with van der Waals surface area (Å²) in [4.78, 5) is 20.6. The van der Waals surface area contributed by atoms with Crippen molar-refractivity contribution in [2.75, 3.05) is 0 Å². The molecule has 0 bridgehead atoms. The van der Waals surface area contributed by atoms with Gasteiger partial charge in [-0.05, 0) is 11.1 Å². The molecule has 0 saturated carbocycles. The summed E-state index contributed by atoms with van der Waals surface area (Å²) in [5.41, 5.74) is 14.2. The number of nitrogens with one attached hydrogen (secondary N) is 2. The van der Waals surface area contributed by atoms with Crippen LogP contribution in [0.2, 0.25) is 0 Å². The van der Waals surface area contributed by atoms with E-state index in [1.54, 1.807) is 48.5 Å². The molecular weight excluding hydrogens is 379 g/mol. The summed E-state index contributed by atoms with van der Waals surface area (Å²) in [5.74, 6) is -1.26. The standard InChI is InChI=1S/2C7H7NO.Sm/c2*8-7(9)6-4-2-1-3-5-6;/h2*1-5H,(H2,8,9);/p-2. The molecule has 5 heteroatoms. The fourth-order valence-electron chi connectivity index (χ4n) is 1.18. The van der Waals surface area contributed by atoms with Crippen molar-refractivity contribution >= 4 is 11.8 Å². The fourth-order valence-corrected chi connectivity index (χ4v) is 1.18. The number of carbonyl (C=O) groups is 2. The second kappa shape index (κ2) is 9.62. The minimum absolute atomic E-state index is 0. The Kier molecular flexibility index (Phi) is 8.97. The van der Waals surface area contributed by atoms with E-state index in [2.05, 4.69) is 0 Å². The van der Waals surface area contributed by atoms with Crippen LogP contribution < -0.4 is 0 Å². The summed E-state index contributed by atoms with van der Waals surface area (Å²) < 4.78 is 0. The van der Waals surface area contributed by atoms with Gasteiger partial charge in [-0.25, -0.2) is 0 Å². The zero-order valence-electron chi connectivity index (χ0n) is 10.00. The van der Waals surface area contributed by atoms with Crippen LogP contribution in [-0.4, -0.2) is 11.8 Å². The van der Waals surface area contributed by atoms with Crippen LogP contribution in [0, 0.1) is 40.4 Å². The Hall–Kier alpha value is -1.28. The first-order chi connectivity index (χ1) is 8.61. The maximum Gasteiger partial charge on any atom is 0.0796 e. The van der Waals surface area contributed by atoms with Crippen LogP contribution in [0.1, 0.15) is 20.7 Å². The Morgan fingerprint density at radius 1 is 0.632 bits per heavy atom. The van der Waals surface area contributed by atoms with Gasteiger partial charge >= 0.3 is 0 Å². The number of benzene rings is 2. The fraction of sp³-hybridized carbons (Fsp3) is 0. The van der Waals surface area contributed by atoms with Gasteiger partial charge in [0.25, 0.3) is 0 Å². The molecule has 0 spiro atoms. The molecule has 0 unspecified atom stereocenters. The van der Waals surface area contributed by atoms with Crippen molar-refractivity contribution in [3.8, 4) is 0 Å². The molecule has 0 aliphatic carbocycles. The van der Waals surface area contributed by atoms with Crippen LogP contribution in [0.15, 0.2) is 60.7 Å². The van der Waals surface area contributed by atoms with E-state index in [-0.39, 0.29) is 40.4 Å². The van der Waals surface area contributed by atoms with Crippen LogP contribution >= 0.6 is 0 Å². The summed E-state index contributed by atoms with van der Waals surface area (Å²) in [6, 6.07) is 17.1. The first kappa shape index (κ1) is 17.7. The van der Waals surface area contributed by atoms with Crippen molar-refractivity contribution in [3.05, 3.63) is 83.3 Å². The Morgan fingerprint density at radius 3 is 1.05 bits per heavy atom. The Bertz CT molecular complexity index is 466. The molecule has 0 radical (unpaired) electrons. The van der Waals surface area contributed by atoms with E-state index < -0.39 is 11.8 Å². The van der Waals surface area contributed by atoms with Gasteiger partial charge < -0.3 is 21.1 Å². The number of hydrogen-bond acceptors (Lipinski definition) is 2. The monoisotopic (exact) mass is 392 g/mol. The smallest absolute Gasteiger partial charge is 0.0796 e. The Balaban J connectivity index is 0.000000324. The number of amides is 2. The quantitative estimate of drug-likeness (QED) is 0.782. The second-order valence-electron chi connectivity index (χ2n) is 3.39. The molecule has 0 aromatic heterocycles. The van der Waals surface area contributed by atoms with E-state index in [0.29, 0.717) is 11.1 Å². The van der Waals surface area contributed by atoms with Crippen LogP contribution in [0.5, 0.6) is 0 Å². The van der Waals surface area contributed by atoms with Crippen molar-refractivity contribution in [1.82, 2.24) is 0 Å². The molecular formula is C14H12N2O2Sm-2. The van der Waals surface area contributed by atoms with Crippen LogP contribution in [0.3, 0.4) is 0 Å². The normalized spacial score (nSPS) is 8.42. The zero-order chi connectivity index (χ0) is 13.4. The largest absolute Gasteiger partial charge is 0.664 e. The van der Waals surface area contributed by atoms with E-state index in [1.165, 1.54) is 0 Å². The van der Waals surface area contributed by atoms with Crippen molar-refractivity contribution < 1.29 is 50.0 Å². The molecule has 0 fully saturated rings. The van der Waals surface area contributed by atoms with Crippen molar-refractivity contribution in [1.29, 1.82) is 0 Å². The average Bonchev–Trinajstić information content (AvgIpc) is 2.41. The molecule has 2 N–H and O–H groups in total. The van der Waals surface area contributed by atoms with Gasteiger partial charge in [-0.3, -0.25) is 0 Å². The van der Waals surface area contributed by atoms with E-state index in [9.17, 15) is 9.59 Å². The number of carbonyl (C=O) groups excluding carboxylic acids is 2. The van der Waals surface area contributed by atoms with Crippen LogP contribution in [-0.2, 0) is 0 Å². The second-order valence-corrected chi connectivity index (χ2v) is 3.39. The van der Waals surface area contributed by atoms with Gasteiger partial charge in [0.05, 0.1) is 11.8 Å². The maximum absolute atomic E-state index is 10.3. The van der Waals surface area contributed by atoms with Gasteiger partial charge in [0, 0.05) is 40.4 Å². The topological polar surface area (TPSA) is 81.7 Å². The summed E-state index contributed by atoms with van der Waals surface area (Å²) >= 11 is 0. The Morgan fingerprint density at radius 2 is 0.895 bits per heavy atom. The molecule has 2 amide bonds. The first-order valence-electron chi connectivity index (χ1n) is 5.23. The SMILES string of the molecule is [NH-]C(=O)c1ccccc1.[NH-]C(=O)c1ccccc1.[Sm]. The zero-order valence-corrected chi connectivity index (χ0v) is 12.6. The number of hydrogen-bond donors (Lipinski definition) is 0. The van der Waals surface area contributed by atoms with Crippen LogP contribution in [0.25, 0.3) is 11.5 Å².